The fourth-order valence-electron chi connectivity index (χ4n) is 2.27. The van der Waals surface area contributed by atoms with Gasteiger partial charge in [0, 0.05) is 25.2 Å². The molecule has 1 amide bonds. The van der Waals surface area contributed by atoms with E-state index in [9.17, 15) is 4.79 Å². The van der Waals surface area contributed by atoms with Crippen molar-refractivity contribution in [3.05, 3.63) is 0 Å². The highest BCUT2D eigenvalue weighted by atomic mass is 16.2. The molecule has 106 valence electrons. The molecule has 0 aliphatic carbocycles. The molecule has 1 aliphatic rings. The number of piperidine rings is 1. The normalized spacial score (nSPS) is 21.9. The largest absolute Gasteiger partial charge is 0.354 e. The summed E-state index contributed by atoms with van der Waals surface area (Å²) < 4.78 is 0. The second-order valence-corrected chi connectivity index (χ2v) is 6.16. The molecule has 1 rings (SSSR count). The van der Waals surface area contributed by atoms with Gasteiger partial charge in [0.2, 0.25) is 5.91 Å². The Morgan fingerprint density at radius 2 is 1.83 bits per heavy atom. The van der Waals surface area contributed by atoms with Crippen LogP contribution in [0.3, 0.4) is 0 Å². The molecule has 4 nitrogen and oxygen atoms in total. The van der Waals surface area contributed by atoms with Crippen molar-refractivity contribution >= 4 is 5.91 Å². The number of rotatable bonds is 5. The Morgan fingerprint density at radius 1 is 1.28 bits per heavy atom. The average Bonchev–Trinajstić information content (AvgIpc) is 2.36. The van der Waals surface area contributed by atoms with Crippen LogP contribution >= 0.6 is 0 Å². The van der Waals surface area contributed by atoms with Crippen LogP contribution in [-0.2, 0) is 4.79 Å². The van der Waals surface area contributed by atoms with Gasteiger partial charge in [-0.1, -0.05) is 13.8 Å². The number of hydrogen-bond acceptors (Lipinski definition) is 3. The first-order valence-corrected chi connectivity index (χ1v) is 7.08. The van der Waals surface area contributed by atoms with Crippen LogP contribution in [0, 0.1) is 5.92 Å². The Balaban J connectivity index is 2.40. The van der Waals surface area contributed by atoms with Gasteiger partial charge in [-0.15, -0.1) is 0 Å². The molecule has 0 spiro atoms. The average molecular weight is 255 g/mol. The number of carbonyl (C=O) groups excluding carboxylic acids is 1. The summed E-state index contributed by atoms with van der Waals surface area (Å²) in [7, 11) is 2.02. The lowest BCUT2D eigenvalue weighted by Gasteiger charge is -2.41. The molecule has 1 aliphatic heterocycles. The van der Waals surface area contributed by atoms with Gasteiger partial charge in [-0.2, -0.15) is 0 Å². The minimum Gasteiger partial charge on any atom is -0.354 e. The monoisotopic (exact) mass is 255 g/mol. The van der Waals surface area contributed by atoms with Crippen LogP contribution < -0.4 is 10.6 Å². The van der Waals surface area contributed by atoms with Gasteiger partial charge < -0.3 is 10.6 Å². The van der Waals surface area contributed by atoms with Gasteiger partial charge in [0.1, 0.15) is 0 Å². The third-order valence-corrected chi connectivity index (χ3v) is 4.12. The van der Waals surface area contributed by atoms with Crippen LogP contribution in [0.5, 0.6) is 0 Å². The third-order valence-electron chi connectivity index (χ3n) is 4.12. The molecule has 1 fully saturated rings. The summed E-state index contributed by atoms with van der Waals surface area (Å²) in [6, 6.07) is -0.00911. The molecule has 0 aromatic heterocycles. The van der Waals surface area contributed by atoms with Gasteiger partial charge in [-0.3, -0.25) is 9.69 Å². The molecule has 18 heavy (non-hydrogen) atoms. The number of likely N-dealkylation sites (tertiary alicyclic amines) is 1. The Bertz CT molecular complexity index is 270. The molecule has 1 atom stereocenters. The van der Waals surface area contributed by atoms with Crippen molar-refractivity contribution in [2.45, 2.75) is 52.1 Å². The quantitative estimate of drug-likeness (QED) is 0.776. The SMILES string of the molecule is CNC1(C)CCN(C(C)C(=O)NCC(C)C)CC1. The highest BCUT2D eigenvalue weighted by Crippen LogP contribution is 2.22. The molecule has 4 heteroatoms. The maximum absolute atomic E-state index is 12.0. The molecule has 0 aromatic rings. The van der Waals surface area contributed by atoms with Gasteiger partial charge in [-0.05, 0) is 39.7 Å². The van der Waals surface area contributed by atoms with E-state index in [0.717, 1.165) is 32.5 Å². The summed E-state index contributed by atoms with van der Waals surface area (Å²) in [5.41, 5.74) is 0.241. The molecule has 1 unspecified atom stereocenters. The molecule has 1 saturated heterocycles. The van der Waals surface area contributed by atoms with Gasteiger partial charge in [-0.25, -0.2) is 0 Å². The minimum atomic E-state index is -0.00911. The second kappa shape index (κ2) is 6.53. The lowest BCUT2D eigenvalue weighted by atomic mass is 9.89. The van der Waals surface area contributed by atoms with E-state index in [1.165, 1.54) is 0 Å². The zero-order valence-electron chi connectivity index (χ0n) is 12.5. The van der Waals surface area contributed by atoms with Crippen molar-refractivity contribution in [1.29, 1.82) is 0 Å². The Kier molecular flexibility index (Phi) is 5.60. The van der Waals surface area contributed by atoms with Crippen molar-refractivity contribution in [3.63, 3.8) is 0 Å². The number of nitrogens with zero attached hydrogens (tertiary/aromatic N) is 1. The first-order chi connectivity index (χ1) is 8.38. The number of nitrogens with one attached hydrogen (secondary N) is 2. The fourth-order valence-corrected chi connectivity index (χ4v) is 2.27. The standard InChI is InChI=1S/C14H29N3O/c1-11(2)10-16-13(18)12(3)17-8-6-14(4,15-5)7-9-17/h11-12,15H,6-10H2,1-5H3,(H,16,18). The highest BCUT2D eigenvalue weighted by molar-refractivity contribution is 5.81. The predicted molar refractivity (Wildman–Crippen MR) is 75.6 cm³/mol. The van der Waals surface area contributed by atoms with Crippen molar-refractivity contribution in [2.75, 3.05) is 26.7 Å². The lowest BCUT2D eigenvalue weighted by molar-refractivity contribution is -0.126. The van der Waals surface area contributed by atoms with E-state index in [1.807, 2.05) is 14.0 Å². The predicted octanol–water partition coefficient (Wildman–Crippen LogP) is 1.22. The topological polar surface area (TPSA) is 44.4 Å². The fraction of sp³-hybridized carbons (Fsp3) is 0.929. The number of amides is 1. The lowest BCUT2D eigenvalue weighted by Crippen LogP contribution is -2.55. The van der Waals surface area contributed by atoms with E-state index in [0.29, 0.717) is 5.92 Å². The smallest absolute Gasteiger partial charge is 0.237 e. The van der Waals surface area contributed by atoms with Crippen molar-refractivity contribution in [1.82, 2.24) is 15.5 Å². The molecule has 0 aromatic carbocycles. The summed E-state index contributed by atoms with van der Waals surface area (Å²) in [5.74, 6) is 0.673. The van der Waals surface area contributed by atoms with Gasteiger partial charge in [0.15, 0.2) is 0 Å². The van der Waals surface area contributed by atoms with Crippen LogP contribution in [0.2, 0.25) is 0 Å². The molecule has 0 radical (unpaired) electrons. The van der Waals surface area contributed by atoms with Gasteiger partial charge in [0.25, 0.3) is 0 Å². The first kappa shape index (κ1) is 15.4. The van der Waals surface area contributed by atoms with Crippen LogP contribution in [0.4, 0.5) is 0 Å². The zero-order valence-corrected chi connectivity index (χ0v) is 12.5. The van der Waals surface area contributed by atoms with Crippen molar-refractivity contribution in [2.24, 2.45) is 5.92 Å². The highest BCUT2D eigenvalue weighted by Gasteiger charge is 2.32. The Morgan fingerprint density at radius 3 is 2.28 bits per heavy atom. The maximum atomic E-state index is 12.0. The van der Waals surface area contributed by atoms with Crippen LogP contribution in [0.15, 0.2) is 0 Å². The first-order valence-electron chi connectivity index (χ1n) is 7.08. The van der Waals surface area contributed by atoms with Crippen molar-refractivity contribution < 1.29 is 4.79 Å². The Labute approximate surface area is 111 Å². The van der Waals surface area contributed by atoms with E-state index in [1.54, 1.807) is 0 Å². The van der Waals surface area contributed by atoms with Crippen LogP contribution in [0.25, 0.3) is 0 Å². The number of carbonyl (C=O) groups is 1. The van der Waals surface area contributed by atoms with Crippen LogP contribution in [0.1, 0.15) is 40.5 Å². The molecular weight excluding hydrogens is 226 g/mol. The molecule has 1 heterocycles. The van der Waals surface area contributed by atoms with E-state index in [4.69, 9.17) is 0 Å². The van der Waals surface area contributed by atoms with Gasteiger partial charge >= 0.3 is 0 Å². The van der Waals surface area contributed by atoms with E-state index in [2.05, 4.69) is 36.3 Å². The zero-order chi connectivity index (χ0) is 13.8. The summed E-state index contributed by atoms with van der Waals surface area (Å²) in [6.07, 6.45) is 2.20. The summed E-state index contributed by atoms with van der Waals surface area (Å²) in [6.45, 7) is 11.3. The second-order valence-electron chi connectivity index (χ2n) is 6.16. The summed E-state index contributed by atoms with van der Waals surface area (Å²) in [5, 5.41) is 6.40. The molecule has 2 N–H and O–H groups in total. The molecular formula is C14H29N3O. The van der Waals surface area contributed by atoms with Crippen LogP contribution in [-0.4, -0.2) is 49.1 Å². The summed E-state index contributed by atoms with van der Waals surface area (Å²) in [4.78, 5) is 14.3. The molecule has 0 saturated carbocycles. The number of hydrogen-bond donors (Lipinski definition) is 2. The van der Waals surface area contributed by atoms with E-state index < -0.39 is 0 Å². The minimum absolute atomic E-state index is 0.00911. The van der Waals surface area contributed by atoms with E-state index >= 15 is 0 Å². The van der Waals surface area contributed by atoms with E-state index in [-0.39, 0.29) is 17.5 Å². The maximum Gasteiger partial charge on any atom is 0.237 e. The Hall–Kier alpha value is -0.610. The van der Waals surface area contributed by atoms with Gasteiger partial charge in [0.05, 0.1) is 6.04 Å². The third kappa shape index (κ3) is 4.25. The van der Waals surface area contributed by atoms with Crippen molar-refractivity contribution in [3.8, 4) is 0 Å². The summed E-state index contributed by atoms with van der Waals surface area (Å²) >= 11 is 0. The molecule has 0 bridgehead atoms.